The van der Waals surface area contributed by atoms with Crippen molar-refractivity contribution < 1.29 is 4.74 Å². The fraction of sp³-hybridized carbons (Fsp3) is 0.100. The first-order chi connectivity index (χ1) is 6.74. The number of aromatic amines is 1. The summed E-state index contributed by atoms with van der Waals surface area (Å²) >= 11 is 5.66. The molecule has 0 spiro atoms. The van der Waals surface area contributed by atoms with Crippen molar-refractivity contribution in [3.05, 3.63) is 41.2 Å². The van der Waals surface area contributed by atoms with Crippen molar-refractivity contribution in [3.8, 4) is 11.8 Å². The largest absolute Gasteiger partial charge is 0.426 e. The van der Waals surface area contributed by atoms with E-state index >= 15 is 0 Å². The van der Waals surface area contributed by atoms with Gasteiger partial charge in [0, 0.05) is 0 Å². The number of hydrogen-bond donors (Lipinski definition) is 1. The van der Waals surface area contributed by atoms with Gasteiger partial charge in [-0.1, -0.05) is 23.7 Å². The Morgan fingerprint density at radius 3 is 2.93 bits per heavy atom. The maximum atomic E-state index is 5.66. The number of nitrogens with one attached hydrogen (secondary N) is 1. The molecule has 1 aromatic heterocycles. The summed E-state index contributed by atoms with van der Waals surface area (Å²) in [5, 5.41) is 0.465. The number of hydrogen-bond acceptors (Lipinski definition) is 2. The summed E-state index contributed by atoms with van der Waals surface area (Å²) in [5.41, 5.74) is 1.14. The first-order valence-corrected chi connectivity index (χ1v) is 4.57. The molecule has 3 nitrogen and oxygen atoms in total. The Morgan fingerprint density at radius 1 is 1.43 bits per heavy atom. The second kappa shape index (κ2) is 3.72. The van der Waals surface area contributed by atoms with Crippen LogP contribution in [0.2, 0.25) is 5.15 Å². The summed E-state index contributed by atoms with van der Waals surface area (Å²) in [6.07, 6.45) is 1.51. The summed E-state index contributed by atoms with van der Waals surface area (Å²) in [4.78, 5) is 6.71. The van der Waals surface area contributed by atoms with E-state index < -0.39 is 0 Å². The fourth-order valence-corrected chi connectivity index (χ4v) is 1.25. The van der Waals surface area contributed by atoms with E-state index in [-0.39, 0.29) is 0 Å². The Balaban J connectivity index is 2.18. The van der Waals surface area contributed by atoms with Crippen molar-refractivity contribution >= 4 is 11.6 Å². The molecule has 0 unspecified atom stereocenters. The molecule has 0 atom stereocenters. The zero-order valence-corrected chi connectivity index (χ0v) is 8.38. The number of benzene rings is 1. The van der Waals surface area contributed by atoms with E-state index in [4.69, 9.17) is 16.3 Å². The van der Waals surface area contributed by atoms with Gasteiger partial charge in [-0.2, -0.15) is 0 Å². The van der Waals surface area contributed by atoms with Gasteiger partial charge in [-0.3, -0.25) is 4.98 Å². The van der Waals surface area contributed by atoms with Gasteiger partial charge in [-0.05, 0) is 24.6 Å². The molecule has 0 saturated carbocycles. The van der Waals surface area contributed by atoms with Gasteiger partial charge < -0.3 is 4.74 Å². The zero-order chi connectivity index (χ0) is 9.97. The topological polar surface area (TPSA) is 37.9 Å². The molecule has 14 heavy (non-hydrogen) atoms. The van der Waals surface area contributed by atoms with Gasteiger partial charge in [0.05, 0.1) is 6.20 Å². The van der Waals surface area contributed by atoms with Crippen molar-refractivity contribution in [1.82, 2.24) is 9.97 Å². The van der Waals surface area contributed by atoms with Gasteiger partial charge >= 0.3 is 0 Å². The quantitative estimate of drug-likeness (QED) is 0.823. The Morgan fingerprint density at radius 2 is 2.29 bits per heavy atom. The average Bonchev–Trinajstić information content (AvgIpc) is 2.51. The maximum Gasteiger partial charge on any atom is 0.300 e. The number of rotatable bonds is 2. The van der Waals surface area contributed by atoms with E-state index in [1.807, 2.05) is 31.2 Å². The molecule has 1 aromatic carbocycles. The smallest absolute Gasteiger partial charge is 0.300 e. The van der Waals surface area contributed by atoms with Crippen LogP contribution in [0.25, 0.3) is 0 Å². The molecule has 0 bridgehead atoms. The summed E-state index contributed by atoms with van der Waals surface area (Å²) in [5.74, 6) is 0.746. The Kier molecular flexibility index (Phi) is 2.41. The van der Waals surface area contributed by atoms with Gasteiger partial charge in [0.2, 0.25) is 0 Å². The van der Waals surface area contributed by atoms with Crippen LogP contribution >= 0.6 is 11.6 Å². The van der Waals surface area contributed by atoms with Crippen molar-refractivity contribution in [2.24, 2.45) is 0 Å². The molecule has 0 radical (unpaired) electrons. The lowest BCUT2D eigenvalue weighted by atomic mass is 10.2. The van der Waals surface area contributed by atoms with Crippen LogP contribution in [0.1, 0.15) is 5.56 Å². The number of H-pyrrole nitrogens is 1. The molecule has 4 heteroatoms. The third kappa shape index (κ3) is 2.06. The van der Waals surface area contributed by atoms with Crippen LogP contribution in [0.3, 0.4) is 0 Å². The van der Waals surface area contributed by atoms with Crippen LogP contribution < -0.4 is 4.74 Å². The van der Waals surface area contributed by atoms with Crippen LogP contribution in [-0.4, -0.2) is 9.97 Å². The minimum atomic E-state index is 0.403. The van der Waals surface area contributed by atoms with Gasteiger partial charge in [0.1, 0.15) is 10.9 Å². The minimum absolute atomic E-state index is 0.403. The second-order valence-corrected chi connectivity index (χ2v) is 3.36. The lowest BCUT2D eigenvalue weighted by molar-refractivity contribution is 0.447. The third-order valence-corrected chi connectivity index (χ3v) is 1.92. The second-order valence-electron chi connectivity index (χ2n) is 2.95. The van der Waals surface area contributed by atoms with E-state index in [2.05, 4.69) is 9.97 Å². The molecule has 2 aromatic rings. The number of aryl methyl sites for hydroxylation is 1. The molecule has 0 aliphatic heterocycles. The van der Waals surface area contributed by atoms with Crippen molar-refractivity contribution in [2.45, 2.75) is 6.92 Å². The number of halogens is 1. The highest BCUT2D eigenvalue weighted by Gasteiger charge is 2.00. The van der Waals surface area contributed by atoms with Crippen molar-refractivity contribution in [2.75, 3.05) is 0 Å². The number of aromatic nitrogens is 2. The molecule has 0 aliphatic carbocycles. The van der Waals surface area contributed by atoms with Gasteiger partial charge in [-0.25, -0.2) is 4.98 Å². The minimum Gasteiger partial charge on any atom is -0.426 e. The lowest BCUT2D eigenvalue weighted by Crippen LogP contribution is -1.86. The lowest BCUT2D eigenvalue weighted by Gasteiger charge is -2.01. The first-order valence-electron chi connectivity index (χ1n) is 4.19. The van der Waals surface area contributed by atoms with Gasteiger partial charge in [0.25, 0.3) is 6.01 Å². The summed E-state index contributed by atoms with van der Waals surface area (Å²) in [7, 11) is 0. The number of imidazole rings is 1. The highest BCUT2D eigenvalue weighted by atomic mass is 35.5. The van der Waals surface area contributed by atoms with E-state index in [1.165, 1.54) is 6.20 Å². The molecule has 0 saturated heterocycles. The van der Waals surface area contributed by atoms with Gasteiger partial charge in [0.15, 0.2) is 0 Å². The van der Waals surface area contributed by atoms with Gasteiger partial charge in [-0.15, -0.1) is 0 Å². The van der Waals surface area contributed by atoms with Crippen LogP contribution in [-0.2, 0) is 0 Å². The molecule has 0 fully saturated rings. The molecule has 0 amide bonds. The fourth-order valence-electron chi connectivity index (χ4n) is 1.12. The molecule has 2 rings (SSSR count). The summed E-state index contributed by atoms with van der Waals surface area (Å²) in [6.45, 7) is 2.00. The summed E-state index contributed by atoms with van der Waals surface area (Å²) in [6, 6.07) is 8.12. The molecule has 0 aliphatic rings. The van der Waals surface area contributed by atoms with Crippen LogP contribution in [0.4, 0.5) is 0 Å². The third-order valence-electron chi connectivity index (χ3n) is 1.73. The first kappa shape index (κ1) is 9.09. The Hall–Kier alpha value is -1.48. The Bertz CT molecular complexity index is 439. The highest BCUT2D eigenvalue weighted by Crippen LogP contribution is 2.20. The average molecular weight is 209 g/mol. The normalized spacial score (nSPS) is 10.1. The number of nitrogens with zero attached hydrogens (tertiary/aromatic N) is 1. The molecule has 1 heterocycles. The van der Waals surface area contributed by atoms with E-state index in [0.29, 0.717) is 11.2 Å². The standard InChI is InChI=1S/C10H9ClN2O/c1-7-3-2-4-8(5-7)14-10-12-6-9(11)13-10/h2-6H,1H3,(H,12,13). The molecule has 1 N–H and O–H groups in total. The van der Waals surface area contributed by atoms with Crippen LogP contribution in [0.15, 0.2) is 30.5 Å². The molecular weight excluding hydrogens is 200 g/mol. The summed E-state index contributed by atoms with van der Waals surface area (Å²) < 4.78 is 5.43. The van der Waals surface area contributed by atoms with Crippen LogP contribution in [0, 0.1) is 6.92 Å². The Labute approximate surface area is 86.7 Å². The van der Waals surface area contributed by atoms with E-state index in [1.54, 1.807) is 0 Å². The van der Waals surface area contributed by atoms with Crippen molar-refractivity contribution in [1.29, 1.82) is 0 Å². The van der Waals surface area contributed by atoms with E-state index in [0.717, 1.165) is 11.3 Å². The zero-order valence-electron chi connectivity index (χ0n) is 7.62. The maximum absolute atomic E-state index is 5.66. The predicted octanol–water partition coefficient (Wildman–Crippen LogP) is 3.16. The molecular formula is C10H9ClN2O. The van der Waals surface area contributed by atoms with Crippen LogP contribution in [0.5, 0.6) is 11.8 Å². The number of ether oxygens (including phenoxy) is 1. The SMILES string of the molecule is Cc1cccc(Oc2ncc(Cl)[nH]2)c1. The predicted molar refractivity (Wildman–Crippen MR) is 54.9 cm³/mol. The molecule has 72 valence electrons. The monoisotopic (exact) mass is 208 g/mol. The van der Waals surface area contributed by atoms with E-state index in [9.17, 15) is 0 Å². The van der Waals surface area contributed by atoms with Crippen molar-refractivity contribution in [3.63, 3.8) is 0 Å². The highest BCUT2D eigenvalue weighted by molar-refractivity contribution is 6.29.